The smallest absolute Gasteiger partial charge is 0.311 e. The number of hydrogen-bond donors (Lipinski definition) is 1. The molecule has 2 atom stereocenters. The van der Waals surface area contributed by atoms with Gasteiger partial charge in [0.05, 0.1) is 11.5 Å². The lowest BCUT2D eigenvalue weighted by Gasteiger charge is -2.19. The Morgan fingerprint density at radius 1 is 1.62 bits per heavy atom. The van der Waals surface area contributed by atoms with Crippen LogP contribution in [0.4, 0.5) is 0 Å². The van der Waals surface area contributed by atoms with Crippen molar-refractivity contribution in [3.05, 3.63) is 0 Å². The van der Waals surface area contributed by atoms with Crippen molar-refractivity contribution in [3.8, 4) is 0 Å². The molecule has 1 aliphatic rings. The van der Waals surface area contributed by atoms with E-state index < -0.39 is 17.1 Å². The minimum absolute atomic E-state index is 0.373. The summed E-state index contributed by atoms with van der Waals surface area (Å²) in [5, 5.41) is 0. The van der Waals surface area contributed by atoms with Crippen molar-refractivity contribution in [3.63, 3.8) is 0 Å². The van der Waals surface area contributed by atoms with Gasteiger partial charge in [-0.3, -0.25) is 4.79 Å². The maximum Gasteiger partial charge on any atom is 0.311 e. The first-order valence-electron chi connectivity index (χ1n) is 4.26. The van der Waals surface area contributed by atoms with Crippen LogP contribution in [0.5, 0.6) is 0 Å². The van der Waals surface area contributed by atoms with E-state index in [-0.39, 0.29) is 5.97 Å². The molecular formula is C9H15NO3. The van der Waals surface area contributed by atoms with Crippen LogP contribution in [0.1, 0.15) is 27.2 Å². The summed E-state index contributed by atoms with van der Waals surface area (Å²) >= 11 is 0. The van der Waals surface area contributed by atoms with E-state index in [4.69, 9.17) is 10.5 Å². The van der Waals surface area contributed by atoms with Gasteiger partial charge in [-0.05, 0) is 27.2 Å². The average Bonchev–Trinajstić information content (AvgIpc) is 2.60. The van der Waals surface area contributed by atoms with Crippen molar-refractivity contribution < 1.29 is 14.3 Å². The average molecular weight is 185 g/mol. The number of nitrogens with two attached hydrogens (primary N) is 1. The zero-order chi connectivity index (χ0) is 10.3. The summed E-state index contributed by atoms with van der Waals surface area (Å²) in [6.45, 7) is 5.35. The van der Waals surface area contributed by atoms with Crippen molar-refractivity contribution in [2.45, 2.75) is 38.3 Å². The monoisotopic (exact) mass is 185 g/mol. The quantitative estimate of drug-likeness (QED) is 0.494. The maximum absolute atomic E-state index is 11.3. The van der Waals surface area contributed by atoms with Crippen molar-refractivity contribution >= 4 is 12.3 Å². The van der Waals surface area contributed by atoms with Gasteiger partial charge >= 0.3 is 5.97 Å². The standard InChI is InChI=1S/C9H15NO3/c1-8(2,3)13-7(12)6-4-9(6,10)5-11/h5-6H,4,10H2,1-3H3. The first-order valence-corrected chi connectivity index (χ1v) is 4.26. The largest absolute Gasteiger partial charge is 0.460 e. The predicted molar refractivity (Wildman–Crippen MR) is 46.9 cm³/mol. The van der Waals surface area contributed by atoms with Crippen LogP contribution in [-0.2, 0) is 14.3 Å². The highest BCUT2D eigenvalue weighted by Crippen LogP contribution is 2.40. The number of esters is 1. The molecule has 4 heteroatoms. The number of carbonyl (C=O) groups is 2. The lowest BCUT2D eigenvalue weighted by molar-refractivity contribution is -0.157. The van der Waals surface area contributed by atoms with E-state index in [0.29, 0.717) is 12.7 Å². The molecule has 0 heterocycles. The van der Waals surface area contributed by atoms with Crippen molar-refractivity contribution in [1.29, 1.82) is 0 Å². The Labute approximate surface area is 77.4 Å². The van der Waals surface area contributed by atoms with Gasteiger partial charge in [0, 0.05) is 0 Å². The van der Waals surface area contributed by atoms with Gasteiger partial charge in [0.15, 0.2) is 0 Å². The summed E-state index contributed by atoms with van der Waals surface area (Å²) in [4.78, 5) is 21.8. The van der Waals surface area contributed by atoms with Gasteiger partial charge in [0.1, 0.15) is 11.9 Å². The number of ether oxygens (including phenoxy) is 1. The Morgan fingerprint density at radius 2 is 2.15 bits per heavy atom. The van der Waals surface area contributed by atoms with Crippen LogP contribution in [-0.4, -0.2) is 23.4 Å². The zero-order valence-electron chi connectivity index (χ0n) is 8.16. The second-order valence-electron chi connectivity index (χ2n) is 4.52. The third-order valence-corrected chi connectivity index (χ3v) is 1.96. The molecule has 0 aliphatic heterocycles. The first kappa shape index (κ1) is 10.2. The summed E-state index contributed by atoms with van der Waals surface area (Å²) in [6, 6.07) is 0. The van der Waals surface area contributed by atoms with Crippen LogP contribution in [0.3, 0.4) is 0 Å². The van der Waals surface area contributed by atoms with Crippen molar-refractivity contribution in [2.75, 3.05) is 0 Å². The van der Waals surface area contributed by atoms with Crippen molar-refractivity contribution in [1.82, 2.24) is 0 Å². The topological polar surface area (TPSA) is 69.4 Å². The van der Waals surface area contributed by atoms with E-state index in [1.165, 1.54) is 0 Å². The van der Waals surface area contributed by atoms with E-state index >= 15 is 0 Å². The van der Waals surface area contributed by atoms with Crippen LogP contribution >= 0.6 is 0 Å². The summed E-state index contributed by atoms with van der Waals surface area (Å²) in [5.41, 5.74) is 4.07. The van der Waals surface area contributed by atoms with E-state index in [0.717, 1.165) is 0 Å². The highest BCUT2D eigenvalue weighted by molar-refractivity contribution is 5.87. The molecule has 0 spiro atoms. The second-order valence-corrected chi connectivity index (χ2v) is 4.52. The highest BCUT2D eigenvalue weighted by Gasteiger charge is 2.57. The molecule has 1 saturated carbocycles. The number of hydrogen-bond acceptors (Lipinski definition) is 4. The molecule has 0 saturated heterocycles. The molecule has 1 fully saturated rings. The van der Waals surface area contributed by atoms with Gasteiger partial charge in [-0.1, -0.05) is 0 Å². The lowest BCUT2D eigenvalue weighted by atomic mass is 10.2. The molecule has 0 amide bonds. The van der Waals surface area contributed by atoms with Gasteiger partial charge < -0.3 is 15.3 Å². The molecule has 0 radical (unpaired) electrons. The molecule has 2 unspecified atom stereocenters. The minimum atomic E-state index is -0.956. The van der Waals surface area contributed by atoms with E-state index in [1.807, 2.05) is 0 Å². The van der Waals surface area contributed by atoms with E-state index in [1.54, 1.807) is 20.8 Å². The molecule has 4 nitrogen and oxygen atoms in total. The Hall–Kier alpha value is -0.900. The number of aldehydes is 1. The maximum atomic E-state index is 11.3. The molecule has 13 heavy (non-hydrogen) atoms. The Bertz CT molecular complexity index is 244. The van der Waals surface area contributed by atoms with Gasteiger partial charge in [-0.25, -0.2) is 0 Å². The molecule has 0 bridgehead atoms. The van der Waals surface area contributed by atoms with Crippen molar-refractivity contribution in [2.24, 2.45) is 11.7 Å². The zero-order valence-corrected chi connectivity index (χ0v) is 8.16. The van der Waals surface area contributed by atoms with E-state index in [2.05, 4.69) is 0 Å². The van der Waals surface area contributed by atoms with Gasteiger partial charge in [-0.15, -0.1) is 0 Å². The normalized spacial score (nSPS) is 32.5. The lowest BCUT2D eigenvalue weighted by Crippen LogP contribution is -2.33. The third-order valence-electron chi connectivity index (χ3n) is 1.96. The summed E-state index contributed by atoms with van der Waals surface area (Å²) < 4.78 is 5.08. The molecule has 1 rings (SSSR count). The van der Waals surface area contributed by atoms with Crippen LogP contribution in [0.25, 0.3) is 0 Å². The van der Waals surface area contributed by atoms with Crippen LogP contribution in [0.2, 0.25) is 0 Å². The van der Waals surface area contributed by atoms with Crippen LogP contribution in [0.15, 0.2) is 0 Å². The molecule has 1 aliphatic carbocycles. The SMILES string of the molecule is CC(C)(C)OC(=O)C1CC1(N)C=O. The van der Waals surface area contributed by atoms with Crippen LogP contribution in [0, 0.1) is 5.92 Å². The fourth-order valence-electron chi connectivity index (χ4n) is 1.10. The predicted octanol–water partition coefficient (Wildman–Crippen LogP) is 0.244. The molecule has 0 aromatic rings. The molecular weight excluding hydrogens is 170 g/mol. The summed E-state index contributed by atoms with van der Waals surface area (Å²) in [6.07, 6.45) is 1.03. The first-order chi connectivity index (χ1) is 5.78. The Balaban J connectivity index is 2.49. The fraction of sp³-hybridized carbons (Fsp3) is 0.778. The summed E-state index contributed by atoms with van der Waals surface area (Å²) in [5.74, 6) is -0.814. The third kappa shape index (κ3) is 2.28. The summed E-state index contributed by atoms with van der Waals surface area (Å²) in [7, 11) is 0. The molecule has 0 aromatic heterocycles. The Morgan fingerprint density at radius 3 is 2.46 bits per heavy atom. The van der Waals surface area contributed by atoms with Gasteiger partial charge in [0.2, 0.25) is 0 Å². The fourth-order valence-corrected chi connectivity index (χ4v) is 1.10. The van der Waals surface area contributed by atoms with E-state index in [9.17, 15) is 9.59 Å². The minimum Gasteiger partial charge on any atom is -0.460 e. The second kappa shape index (κ2) is 2.80. The molecule has 74 valence electrons. The molecule has 2 N–H and O–H groups in total. The highest BCUT2D eigenvalue weighted by atomic mass is 16.6. The number of carbonyl (C=O) groups excluding carboxylic acids is 2. The van der Waals surface area contributed by atoms with Crippen LogP contribution < -0.4 is 5.73 Å². The number of rotatable bonds is 2. The Kier molecular flexibility index (Phi) is 2.20. The molecule has 0 aromatic carbocycles. The van der Waals surface area contributed by atoms with Gasteiger partial charge in [0.25, 0.3) is 0 Å². The van der Waals surface area contributed by atoms with Gasteiger partial charge in [-0.2, -0.15) is 0 Å².